The highest BCUT2D eigenvalue weighted by Gasteiger charge is 2.19. The lowest BCUT2D eigenvalue weighted by atomic mass is 9.99. The van der Waals surface area contributed by atoms with Crippen molar-refractivity contribution >= 4 is 37.9 Å². The molecule has 9 heteroatoms. The monoisotopic (exact) mass is 488 g/mol. The van der Waals surface area contributed by atoms with Gasteiger partial charge in [-0.2, -0.15) is 0 Å². The molecule has 0 radical (unpaired) electrons. The summed E-state index contributed by atoms with van der Waals surface area (Å²) in [7, 11) is -3.95. The van der Waals surface area contributed by atoms with E-state index in [1.54, 1.807) is 37.5 Å². The maximum absolute atomic E-state index is 12.7. The third-order valence-corrected chi connectivity index (χ3v) is 7.05. The molecule has 2 N–H and O–H groups in total. The lowest BCUT2D eigenvalue weighted by Gasteiger charge is -2.10. The van der Waals surface area contributed by atoms with Gasteiger partial charge in [-0.3, -0.25) is 10.2 Å². The first-order valence-corrected chi connectivity index (χ1v) is 12.2. The summed E-state index contributed by atoms with van der Waals surface area (Å²) in [5.74, 6) is -0.700. The number of nitrogens with one attached hydrogen (secondary N) is 2. The van der Waals surface area contributed by atoms with Crippen LogP contribution in [0.15, 0.2) is 97.6 Å². The van der Waals surface area contributed by atoms with Crippen LogP contribution in [0.3, 0.4) is 0 Å². The molecule has 0 bridgehead atoms. The zero-order chi connectivity index (χ0) is 24.6. The second kappa shape index (κ2) is 8.86. The standard InChI is InChI=1S/C26H20N2O6S/c1-16-19-12-21-22(17-8-4-2-5-9-17)15-33-23(21)14-24(19)34-26(30)20(16)13-25(29)27-28-35(31,32)18-10-6-3-7-11-18/h2-12,14-15,28H,13H2,1H3,(H,27,29). The van der Waals surface area contributed by atoms with Crippen molar-refractivity contribution in [3.05, 3.63) is 101 Å². The van der Waals surface area contributed by atoms with Crippen molar-refractivity contribution in [2.75, 3.05) is 0 Å². The number of aryl methyl sites for hydroxylation is 1. The number of hydrogen-bond acceptors (Lipinski definition) is 6. The Balaban J connectivity index is 1.45. The Morgan fingerprint density at radius 3 is 2.31 bits per heavy atom. The average molecular weight is 489 g/mol. The Hall–Kier alpha value is -4.21. The van der Waals surface area contributed by atoms with E-state index in [1.807, 2.05) is 41.2 Å². The first-order valence-electron chi connectivity index (χ1n) is 10.7. The highest BCUT2D eigenvalue weighted by atomic mass is 32.2. The summed E-state index contributed by atoms with van der Waals surface area (Å²) in [6, 6.07) is 20.9. The van der Waals surface area contributed by atoms with Crippen LogP contribution in [0.2, 0.25) is 0 Å². The number of sulfonamides is 1. The summed E-state index contributed by atoms with van der Waals surface area (Å²) in [4.78, 5) is 27.2. The van der Waals surface area contributed by atoms with E-state index in [0.29, 0.717) is 22.1 Å². The van der Waals surface area contributed by atoms with Gasteiger partial charge in [-0.05, 0) is 36.2 Å². The van der Waals surface area contributed by atoms with Crippen molar-refractivity contribution in [2.45, 2.75) is 18.2 Å². The van der Waals surface area contributed by atoms with Crippen LogP contribution < -0.4 is 15.9 Å². The molecule has 2 heterocycles. The maximum Gasteiger partial charge on any atom is 0.340 e. The summed E-state index contributed by atoms with van der Waals surface area (Å²) >= 11 is 0. The number of carbonyl (C=O) groups excluding carboxylic acids is 1. The van der Waals surface area contributed by atoms with E-state index in [0.717, 1.165) is 16.5 Å². The molecule has 0 aliphatic carbocycles. The van der Waals surface area contributed by atoms with E-state index in [1.165, 1.54) is 12.1 Å². The van der Waals surface area contributed by atoms with Crippen LogP contribution in [0.5, 0.6) is 0 Å². The Bertz CT molecular complexity index is 1720. The zero-order valence-electron chi connectivity index (χ0n) is 18.6. The van der Waals surface area contributed by atoms with Crippen LogP contribution in [0, 0.1) is 6.92 Å². The Morgan fingerprint density at radius 1 is 0.914 bits per heavy atom. The summed E-state index contributed by atoms with van der Waals surface area (Å²) in [5, 5.41) is 1.50. The Labute approximate surface area is 200 Å². The molecule has 176 valence electrons. The molecule has 5 rings (SSSR count). The van der Waals surface area contributed by atoms with Crippen LogP contribution in [0.4, 0.5) is 0 Å². The molecule has 0 atom stereocenters. The van der Waals surface area contributed by atoms with Gasteiger partial charge in [-0.25, -0.2) is 13.2 Å². The van der Waals surface area contributed by atoms with E-state index in [4.69, 9.17) is 8.83 Å². The molecule has 0 saturated carbocycles. The van der Waals surface area contributed by atoms with Gasteiger partial charge in [0.2, 0.25) is 5.91 Å². The normalized spacial score (nSPS) is 11.7. The zero-order valence-corrected chi connectivity index (χ0v) is 19.4. The summed E-state index contributed by atoms with van der Waals surface area (Å²) in [5.41, 5.74) is 4.96. The Morgan fingerprint density at radius 2 is 1.60 bits per heavy atom. The second-order valence-corrected chi connectivity index (χ2v) is 9.68. The lowest BCUT2D eigenvalue weighted by Crippen LogP contribution is -2.42. The van der Waals surface area contributed by atoms with Crippen molar-refractivity contribution in [1.29, 1.82) is 0 Å². The number of hydrogen-bond donors (Lipinski definition) is 2. The number of hydrazine groups is 1. The molecule has 0 aliphatic rings. The fourth-order valence-corrected chi connectivity index (χ4v) is 4.82. The van der Waals surface area contributed by atoms with Crippen LogP contribution in [-0.2, 0) is 21.2 Å². The van der Waals surface area contributed by atoms with Crippen LogP contribution >= 0.6 is 0 Å². The predicted molar refractivity (Wildman–Crippen MR) is 131 cm³/mol. The third kappa shape index (κ3) is 4.34. The molecular weight excluding hydrogens is 468 g/mol. The molecule has 0 aliphatic heterocycles. The number of fused-ring (bicyclic) bond motifs is 2. The van der Waals surface area contributed by atoms with Crippen LogP contribution in [0.1, 0.15) is 11.1 Å². The quantitative estimate of drug-likeness (QED) is 0.275. The topological polar surface area (TPSA) is 119 Å². The molecule has 2 aromatic heterocycles. The molecule has 0 unspecified atom stereocenters. The summed E-state index contributed by atoms with van der Waals surface area (Å²) in [6.45, 7) is 1.73. The SMILES string of the molecule is Cc1c(CC(=O)NNS(=O)(=O)c2ccccc2)c(=O)oc2cc3occ(-c4ccccc4)c3cc12. The number of carbonyl (C=O) groups is 1. The highest BCUT2D eigenvalue weighted by Crippen LogP contribution is 2.34. The molecule has 35 heavy (non-hydrogen) atoms. The van der Waals surface area contributed by atoms with E-state index in [9.17, 15) is 18.0 Å². The molecular formula is C26H20N2O6S. The highest BCUT2D eigenvalue weighted by molar-refractivity contribution is 7.89. The van der Waals surface area contributed by atoms with Crippen molar-refractivity contribution in [3.8, 4) is 11.1 Å². The first kappa shape index (κ1) is 22.6. The largest absolute Gasteiger partial charge is 0.464 e. The minimum absolute atomic E-state index is 0.0000453. The minimum Gasteiger partial charge on any atom is -0.464 e. The molecule has 8 nitrogen and oxygen atoms in total. The molecule has 5 aromatic rings. The minimum atomic E-state index is -3.95. The van der Waals surface area contributed by atoms with Gasteiger partial charge < -0.3 is 8.83 Å². The molecule has 3 aromatic carbocycles. The van der Waals surface area contributed by atoms with Gasteiger partial charge in [0.05, 0.1) is 23.1 Å². The second-order valence-electron chi connectivity index (χ2n) is 8.00. The van der Waals surface area contributed by atoms with Crippen molar-refractivity contribution in [3.63, 3.8) is 0 Å². The predicted octanol–water partition coefficient (Wildman–Crippen LogP) is 4.07. The third-order valence-electron chi connectivity index (χ3n) is 5.78. The fourth-order valence-electron chi connectivity index (χ4n) is 3.94. The van der Waals surface area contributed by atoms with Gasteiger partial charge in [0.25, 0.3) is 10.0 Å². The van der Waals surface area contributed by atoms with Gasteiger partial charge >= 0.3 is 5.63 Å². The molecule has 1 amide bonds. The summed E-state index contributed by atoms with van der Waals surface area (Å²) in [6.07, 6.45) is 1.29. The first-order chi connectivity index (χ1) is 16.8. The Kier molecular flexibility index (Phi) is 5.72. The average Bonchev–Trinajstić information content (AvgIpc) is 3.28. The summed E-state index contributed by atoms with van der Waals surface area (Å²) < 4.78 is 35.8. The van der Waals surface area contributed by atoms with E-state index >= 15 is 0 Å². The van der Waals surface area contributed by atoms with Gasteiger partial charge in [0, 0.05) is 22.4 Å². The number of amides is 1. The van der Waals surface area contributed by atoms with Crippen LogP contribution in [0.25, 0.3) is 33.1 Å². The number of furan rings is 1. The van der Waals surface area contributed by atoms with E-state index in [-0.39, 0.29) is 16.9 Å². The van der Waals surface area contributed by atoms with Gasteiger partial charge in [0.15, 0.2) is 0 Å². The number of benzene rings is 3. The van der Waals surface area contributed by atoms with Crippen LogP contribution in [-0.4, -0.2) is 14.3 Å². The van der Waals surface area contributed by atoms with Crippen molar-refractivity contribution in [1.82, 2.24) is 10.3 Å². The number of rotatable bonds is 6. The maximum atomic E-state index is 12.7. The fraction of sp³-hybridized carbons (Fsp3) is 0.0769. The van der Waals surface area contributed by atoms with Gasteiger partial charge in [0.1, 0.15) is 11.2 Å². The molecule has 0 saturated heterocycles. The lowest BCUT2D eigenvalue weighted by molar-refractivity contribution is -0.120. The van der Waals surface area contributed by atoms with Gasteiger partial charge in [-0.15, -0.1) is 4.83 Å². The van der Waals surface area contributed by atoms with Gasteiger partial charge in [-0.1, -0.05) is 48.5 Å². The van der Waals surface area contributed by atoms with E-state index < -0.39 is 21.6 Å². The smallest absolute Gasteiger partial charge is 0.340 e. The van der Waals surface area contributed by atoms with Crippen molar-refractivity contribution < 1.29 is 22.0 Å². The van der Waals surface area contributed by atoms with Crippen molar-refractivity contribution in [2.24, 2.45) is 0 Å². The molecule has 0 spiro atoms. The molecule has 0 fully saturated rings. The van der Waals surface area contributed by atoms with E-state index in [2.05, 4.69) is 5.43 Å².